The molecule has 0 atom stereocenters. The third kappa shape index (κ3) is 15.5. The Labute approximate surface area is 363 Å². The molecule has 326 valence electrons. The van der Waals surface area contributed by atoms with Crippen molar-refractivity contribution in [3.05, 3.63) is 86.5 Å². The molecule has 2 nitrogen and oxygen atoms in total. The molecule has 0 amide bonds. The summed E-state index contributed by atoms with van der Waals surface area (Å²) < 4.78 is 1.72. The summed E-state index contributed by atoms with van der Waals surface area (Å²) in [5.74, 6) is 4.12. The number of rotatable bonds is 28. The second kappa shape index (κ2) is 28.1. The van der Waals surface area contributed by atoms with Gasteiger partial charge in [-0.05, 0) is 110 Å². The van der Waals surface area contributed by atoms with E-state index in [-0.39, 0.29) is 0 Å². The van der Waals surface area contributed by atoms with Gasteiger partial charge >= 0.3 is 26.2 Å². The van der Waals surface area contributed by atoms with Gasteiger partial charge in [0.05, 0.1) is 16.1 Å². The molecule has 0 saturated carbocycles. The van der Waals surface area contributed by atoms with Crippen molar-refractivity contribution in [1.82, 2.24) is 0 Å². The van der Waals surface area contributed by atoms with Gasteiger partial charge in [0.15, 0.2) is 0 Å². The molecule has 0 fully saturated rings. The molecule has 3 rings (SSSR count). The van der Waals surface area contributed by atoms with Gasteiger partial charge in [0, 0.05) is 22.3 Å². The van der Waals surface area contributed by atoms with Crippen molar-refractivity contribution >= 4 is 27.5 Å². The first-order valence-corrected chi connectivity index (χ1v) is 31.6. The van der Waals surface area contributed by atoms with Gasteiger partial charge in [0.1, 0.15) is 0 Å². The molecule has 57 heavy (non-hydrogen) atoms. The second-order valence-corrected chi connectivity index (χ2v) is 29.6. The second-order valence-electron chi connectivity index (χ2n) is 17.7. The molecule has 2 aromatic rings. The van der Waals surface area contributed by atoms with E-state index in [2.05, 4.69) is 117 Å². The third-order valence-corrected chi connectivity index (χ3v) is 25.2. The van der Waals surface area contributed by atoms with Crippen LogP contribution in [0.4, 0.5) is 0 Å². The van der Waals surface area contributed by atoms with Crippen LogP contribution in [0.3, 0.4) is 0 Å². The SMILES string of the molecule is CCCCCCCCC1=C(c2cc(CCCC)cc(CCCC)c2)[N+](=[N-])C(c2cc(C[Si](CC)(CC)CC)cc(C[Si](CC)(CC)CC)c2)=C1CCCC.[CH3][Ni][CH3]. The van der Waals surface area contributed by atoms with Crippen molar-refractivity contribution in [2.75, 3.05) is 0 Å². The summed E-state index contributed by atoms with van der Waals surface area (Å²) in [7, 11) is -2.84. The molecule has 1 aliphatic heterocycles. The number of aryl methyl sites for hydroxylation is 2. The number of hydrogen-bond acceptors (Lipinski definition) is 0. The number of allylic oxidation sites excluding steroid dienone is 2. The van der Waals surface area contributed by atoms with E-state index in [1.807, 2.05) is 0 Å². The number of benzene rings is 2. The van der Waals surface area contributed by atoms with Gasteiger partial charge < -0.3 is 5.53 Å². The van der Waals surface area contributed by atoms with E-state index < -0.39 is 16.1 Å². The maximum atomic E-state index is 12.9. The number of hydrogen-bond donors (Lipinski definition) is 0. The Balaban J connectivity index is 0.00000362. The van der Waals surface area contributed by atoms with Crippen LogP contribution in [0.25, 0.3) is 16.9 Å². The van der Waals surface area contributed by atoms with E-state index in [0.29, 0.717) is 0 Å². The molecule has 0 bridgehead atoms. The minimum absolute atomic E-state index is 1.03. The molecule has 0 aromatic heterocycles. The first kappa shape index (κ1) is 51.6. The number of unbranched alkanes of at least 4 members (excludes halogenated alkanes) is 8. The van der Waals surface area contributed by atoms with Crippen LogP contribution in [-0.4, -0.2) is 20.8 Å². The van der Waals surface area contributed by atoms with Crippen molar-refractivity contribution in [3.8, 4) is 0 Å². The van der Waals surface area contributed by atoms with Crippen LogP contribution >= 0.6 is 0 Å². The fourth-order valence-electron chi connectivity index (χ4n) is 9.39. The first-order chi connectivity index (χ1) is 27.6. The molecule has 0 saturated heterocycles. The average Bonchev–Trinajstić information content (AvgIpc) is 3.51. The molecule has 2 aromatic carbocycles. The molecule has 0 spiro atoms. The summed E-state index contributed by atoms with van der Waals surface area (Å²) in [6, 6.07) is 25.6. The van der Waals surface area contributed by atoms with E-state index in [0.717, 1.165) is 49.9 Å². The zero-order chi connectivity index (χ0) is 42.3. The Morgan fingerprint density at radius 2 is 0.737 bits per heavy atom. The van der Waals surface area contributed by atoms with Crippen LogP contribution in [0.1, 0.15) is 193 Å². The van der Waals surface area contributed by atoms with Crippen LogP contribution in [0.2, 0.25) is 48.1 Å². The summed E-state index contributed by atoms with van der Waals surface area (Å²) in [6.45, 7) is 24.0. The van der Waals surface area contributed by atoms with E-state index >= 15 is 0 Å². The van der Waals surface area contributed by atoms with Crippen molar-refractivity contribution in [2.45, 2.75) is 232 Å². The molecule has 0 radical (unpaired) electrons. The van der Waals surface area contributed by atoms with Crippen molar-refractivity contribution in [2.24, 2.45) is 0 Å². The van der Waals surface area contributed by atoms with Crippen molar-refractivity contribution in [1.29, 1.82) is 0 Å². The van der Waals surface area contributed by atoms with Gasteiger partial charge in [-0.1, -0.05) is 169 Å². The Morgan fingerprint density at radius 3 is 1.12 bits per heavy atom. The summed E-state index contributed by atoms with van der Waals surface area (Å²) >= 11 is 1.62. The molecule has 0 aliphatic carbocycles. The summed E-state index contributed by atoms with van der Waals surface area (Å²) in [6.07, 6.45) is 19.2. The Morgan fingerprint density at radius 1 is 0.421 bits per heavy atom. The van der Waals surface area contributed by atoms with Gasteiger partial charge in [0.2, 0.25) is 11.4 Å². The molecule has 0 N–H and O–H groups in total. The molecule has 5 heteroatoms. The Bertz CT molecular complexity index is 1450. The van der Waals surface area contributed by atoms with Gasteiger partial charge in [-0.15, -0.1) is 0 Å². The molecule has 0 unspecified atom stereocenters. The topological polar surface area (TPSA) is 25.3 Å². The zero-order valence-electron chi connectivity index (χ0n) is 39.6. The quantitative estimate of drug-likeness (QED) is 0.0463. The molecular weight excluding hydrogens is 767 g/mol. The van der Waals surface area contributed by atoms with E-state index in [4.69, 9.17) is 0 Å². The predicted octanol–water partition coefficient (Wildman–Crippen LogP) is 17.8. The molecule has 1 aliphatic rings. The van der Waals surface area contributed by atoms with E-state index in [9.17, 15) is 5.53 Å². The first-order valence-electron chi connectivity index (χ1n) is 24.0. The van der Waals surface area contributed by atoms with Crippen molar-refractivity contribution in [3.63, 3.8) is 0 Å². The molecule has 1 heterocycles. The van der Waals surface area contributed by atoms with Crippen LogP contribution < -0.4 is 0 Å². The van der Waals surface area contributed by atoms with Gasteiger partial charge in [-0.25, -0.2) is 4.70 Å². The fraction of sp³-hybridized carbons (Fsp3) is 0.692. The summed E-state index contributed by atoms with van der Waals surface area (Å²) in [5.41, 5.74) is 26.4. The van der Waals surface area contributed by atoms with E-state index in [1.165, 1.54) is 157 Å². The van der Waals surface area contributed by atoms with Crippen LogP contribution in [0.15, 0.2) is 47.5 Å². The number of nitrogens with zero attached hydrogens (tertiary/aromatic N) is 2. The third-order valence-electron chi connectivity index (χ3n) is 13.9. The molecular formula is C52H90N2NiSi2. The predicted molar refractivity (Wildman–Crippen MR) is 259 cm³/mol. The van der Waals surface area contributed by atoms with Crippen LogP contribution in [0.5, 0.6) is 0 Å². The Kier molecular flexibility index (Phi) is 25.4. The minimum atomic E-state index is -1.42. The van der Waals surface area contributed by atoms with Crippen LogP contribution in [-0.2, 0) is 39.4 Å². The normalized spacial score (nSPS) is 13.6. The Hall–Kier alpha value is -1.55. The average molecular weight is 858 g/mol. The van der Waals surface area contributed by atoms with Crippen LogP contribution in [0, 0.1) is 0 Å². The maximum absolute atomic E-state index is 12.9. The summed E-state index contributed by atoms with van der Waals surface area (Å²) in [5, 5.41) is 0. The fourth-order valence-corrected chi connectivity index (χ4v) is 16.0. The van der Waals surface area contributed by atoms with Gasteiger partial charge in [-0.2, -0.15) is 0 Å². The monoisotopic (exact) mass is 857 g/mol. The standard InChI is InChI=1S/C50H84N2Si2.2CH3.Ni/c1-11-21-25-26-27-28-32-48-47(31-24-14-4)50(52(51)49(48)45-35-41(29-22-12-2)33-42(36-45)30-23-13-3)46-37-43(39-53(15-5,16-6)17-7)34-44(38-46)40-54(18-8,19-9)20-10;;;/h33-38H,11-32,39-40H2,1-10H3;2*1H3;. The zero-order valence-corrected chi connectivity index (χ0v) is 42.6. The van der Waals surface area contributed by atoms with E-state index in [1.54, 1.807) is 19.1 Å². The van der Waals surface area contributed by atoms with Crippen molar-refractivity contribution < 1.29 is 19.1 Å². The van der Waals surface area contributed by atoms with Gasteiger partial charge in [0.25, 0.3) is 0 Å². The summed E-state index contributed by atoms with van der Waals surface area (Å²) in [4.78, 5) is 0. The van der Waals surface area contributed by atoms with Gasteiger partial charge in [-0.3, -0.25) is 0 Å².